The van der Waals surface area contributed by atoms with Crippen LogP contribution in [-0.2, 0) is 0 Å². The van der Waals surface area contributed by atoms with Crippen molar-refractivity contribution in [2.75, 3.05) is 19.6 Å². The van der Waals surface area contributed by atoms with Gasteiger partial charge in [0.1, 0.15) is 5.75 Å². The Morgan fingerprint density at radius 3 is 2.60 bits per heavy atom. The average molecular weight is 307 g/mol. The number of amides is 1. The van der Waals surface area contributed by atoms with Crippen molar-refractivity contribution in [3.05, 3.63) is 29.8 Å². The summed E-state index contributed by atoms with van der Waals surface area (Å²) in [6, 6.07) is 6.04. The fourth-order valence-electron chi connectivity index (χ4n) is 2.08. The first kappa shape index (κ1) is 16.7. The lowest BCUT2D eigenvalue weighted by Gasteiger charge is -2.32. The van der Waals surface area contributed by atoms with Gasteiger partial charge < -0.3 is 15.0 Å². The summed E-state index contributed by atoms with van der Waals surface area (Å²) in [7, 11) is 0. The lowest BCUT2D eigenvalue weighted by atomic mass is 10.1. The molecule has 0 spiro atoms. The molecule has 0 bridgehead atoms. The largest absolute Gasteiger partial charge is 0.435 e. The second-order valence-electron chi connectivity index (χ2n) is 4.51. The van der Waals surface area contributed by atoms with E-state index < -0.39 is 6.61 Å². The maximum Gasteiger partial charge on any atom is 0.387 e. The van der Waals surface area contributed by atoms with Crippen molar-refractivity contribution in [3.63, 3.8) is 0 Å². The van der Waals surface area contributed by atoms with Gasteiger partial charge in [-0.1, -0.05) is 0 Å². The number of nitrogens with one attached hydrogen (secondary N) is 1. The zero-order valence-corrected chi connectivity index (χ0v) is 11.8. The number of hydrogen-bond acceptors (Lipinski definition) is 3. The topological polar surface area (TPSA) is 41.6 Å². The first-order chi connectivity index (χ1) is 9.06. The number of benzene rings is 1. The highest BCUT2D eigenvalue weighted by molar-refractivity contribution is 5.94. The first-order valence-electron chi connectivity index (χ1n) is 6.14. The van der Waals surface area contributed by atoms with Crippen LogP contribution >= 0.6 is 12.4 Å². The molecule has 0 saturated carbocycles. The minimum absolute atomic E-state index is 0. The molecular weight excluding hydrogens is 290 g/mol. The summed E-state index contributed by atoms with van der Waals surface area (Å²) in [6.07, 6.45) is 0. The number of carbonyl (C=O) groups excluding carboxylic acids is 1. The van der Waals surface area contributed by atoms with Crippen LogP contribution in [-0.4, -0.2) is 43.1 Å². The number of nitrogens with zero attached hydrogens (tertiary/aromatic N) is 1. The number of alkyl halides is 2. The molecule has 1 atom stereocenters. The molecule has 0 unspecified atom stereocenters. The van der Waals surface area contributed by atoms with Crippen molar-refractivity contribution in [2.45, 2.75) is 19.6 Å². The van der Waals surface area contributed by atoms with Gasteiger partial charge in [-0.2, -0.15) is 8.78 Å². The quantitative estimate of drug-likeness (QED) is 0.930. The van der Waals surface area contributed by atoms with E-state index in [1.165, 1.54) is 24.3 Å². The van der Waals surface area contributed by atoms with E-state index in [1.54, 1.807) is 4.90 Å². The van der Waals surface area contributed by atoms with Gasteiger partial charge in [0.25, 0.3) is 5.91 Å². The number of ether oxygens (including phenoxy) is 1. The monoisotopic (exact) mass is 306 g/mol. The zero-order valence-electron chi connectivity index (χ0n) is 11.0. The van der Waals surface area contributed by atoms with Crippen molar-refractivity contribution in [1.82, 2.24) is 10.2 Å². The molecule has 1 saturated heterocycles. The maximum absolute atomic E-state index is 12.2. The summed E-state index contributed by atoms with van der Waals surface area (Å²) in [6.45, 7) is 1.22. The van der Waals surface area contributed by atoms with Gasteiger partial charge in [-0.05, 0) is 31.2 Å². The minimum atomic E-state index is -2.85. The summed E-state index contributed by atoms with van der Waals surface area (Å²) in [5.74, 6) is -0.0304. The molecule has 1 aliphatic rings. The Kier molecular flexibility index (Phi) is 6.16. The van der Waals surface area contributed by atoms with E-state index in [4.69, 9.17) is 0 Å². The average Bonchev–Trinajstić information content (AvgIpc) is 2.38. The van der Waals surface area contributed by atoms with E-state index in [9.17, 15) is 13.6 Å². The van der Waals surface area contributed by atoms with Gasteiger partial charge >= 0.3 is 6.61 Å². The molecule has 1 aliphatic heterocycles. The van der Waals surface area contributed by atoms with Crippen LogP contribution in [0.1, 0.15) is 17.3 Å². The molecule has 0 radical (unpaired) electrons. The molecule has 0 aromatic heterocycles. The normalized spacial score (nSPS) is 18.6. The standard InChI is InChI=1S/C13H16F2N2O2.ClH/c1-9-8-17(7-6-16-9)12(18)10-2-4-11(5-3-10)19-13(14)15;/h2-5,9,13,16H,6-8H2,1H3;1H/t9-;/m0./s1. The van der Waals surface area contributed by atoms with Gasteiger partial charge in [-0.15, -0.1) is 12.4 Å². The zero-order chi connectivity index (χ0) is 13.8. The highest BCUT2D eigenvalue weighted by Gasteiger charge is 2.21. The molecular formula is C13H17ClF2N2O2. The van der Waals surface area contributed by atoms with Gasteiger partial charge in [0.15, 0.2) is 0 Å². The van der Waals surface area contributed by atoms with Crippen LogP contribution in [0.3, 0.4) is 0 Å². The summed E-state index contributed by atoms with van der Waals surface area (Å²) < 4.78 is 28.3. The second kappa shape index (κ2) is 7.40. The Balaban J connectivity index is 0.00000200. The van der Waals surface area contributed by atoms with Crippen LogP contribution in [0.2, 0.25) is 0 Å². The first-order valence-corrected chi connectivity index (χ1v) is 6.14. The number of hydrogen-bond donors (Lipinski definition) is 1. The third-order valence-corrected chi connectivity index (χ3v) is 2.98. The number of carbonyl (C=O) groups is 1. The van der Waals surface area contributed by atoms with Gasteiger partial charge in [-0.3, -0.25) is 4.79 Å². The fourth-order valence-corrected chi connectivity index (χ4v) is 2.08. The molecule has 1 N–H and O–H groups in total. The van der Waals surface area contributed by atoms with E-state index in [-0.39, 0.29) is 30.1 Å². The van der Waals surface area contributed by atoms with Gasteiger partial charge in [0, 0.05) is 31.2 Å². The molecule has 20 heavy (non-hydrogen) atoms. The molecule has 0 aliphatic carbocycles. The SMILES string of the molecule is C[C@H]1CN(C(=O)c2ccc(OC(F)F)cc2)CCN1.Cl. The van der Waals surface area contributed by atoms with Crippen LogP contribution in [0, 0.1) is 0 Å². The lowest BCUT2D eigenvalue weighted by Crippen LogP contribution is -2.51. The van der Waals surface area contributed by atoms with E-state index in [1.807, 2.05) is 6.92 Å². The Morgan fingerprint density at radius 2 is 2.05 bits per heavy atom. The van der Waals surface area contributed by atoms with Crippen LogP contribution in [0.4, 0.5) is 8.78 Å². The predicted octanol–water partition coefficient (Wildman–Crippen LogP) is 2.14. The minimum Gasteiger partial charge on any atom is -0.435 e. The third-order valence-electron chi connectivity index (χ3n) is 2.98. The van der Waals surface area contributed by atoms with E-state index >= 15 is 0 Å². The van der Waals surface area contributed by atoms with Gasteiger partial charge in [-0.25, -0.2) is 0 Å². The van der Waals surface area contributed by atoms with Crippen LogP contribution in [0.15, 0.2) is 24.3 Å². The summed E-state index contributed by atoms with van der Waals surface area (Å²) in [4.78, 5) is 13.9. The predicted molar refractivity (Wildman–Crippen MR) is 73.7 cm³/mol. The molecule has 1 fully saturated rings. The van der Waals surface area contributed by atoms with E-state index in [0.717, 1.165) is 6.54 Å². The second-order valence-corrected chi connectivity index (χ2v) is 4.51. The lowest BCUT2D eigenvalue weighted by molar-refractivity contribution is -0.0498. The third kappa shape index (κ3) is 4.31. The summed E-state index contributed by atoms with van der Waals surface area (Å²) in [5, 5.41) is 3.25. The van der Waals surface area contributed by atoms with Crippen molar-refractivity contribution in [3.8, 4) is 5.75 Å². The van der Waals surface area contributed by atoms with Crippen molar-refractivity contribution in [2.24, 2.45) is 0 Å². The number of halogens is 3. The van der Waals surface area contributed by atoms with Gasteiger partial charge in [0.05, 0.1) is 0 Å². The smallest absolute Gasteiger partial charge is 0.387 e. The van der Waals surface area contributed by atoms with Crippen LogP contribution in [0.5, 0.6) is 5.75 Å². The Labute approximate surface area is 122 Å². The molecule has 2 rings (SSSR count). The fraction of sp³-hybridized carbons (Fsp3) is 0.462. The number of rotatable bonds is 3. The van der Waals surface area contributed by atoms with Crippen LogP contribution in [0.25, 0.3) is 0 Å². The highest BCUT2D eigenvalue weighted by atomic mass is 35.5. The molecule has 7 heteroatoms. The Hall–Kier alpha value is -1.40. The Morgan fingerprint density at radius 1 is 1.40 bits per heavy atom. The molecule has 1 heterocycles. The summed E-state index contributed by atoms with van der Waals surface area (Å²) >= 11 is 0. The Bertz CT molecular complexity index is 443. The van der Waals surface area contributed by atoms with E-state index in [2.05, 4.69) is 10.1 Å². The van der Waals surface area contributed by atoms with Crippen molar-refractivity contribution in [1.29, 1.82) is 0 Å². The van der Waals surface area contributed by atoms with Crippen LogP contribution < -0.4 is 10.1 Å². The molecule has 1 amide bonds. The molecule has 4 nitrogen and oxygen atoms in total. The van der Waals surface area contributed by atoms with E-state index in [0.29, 0.717) is 18.7 Å². The van der Waals surface area contributed by atoms with Crippen molar-refractivity contribution >= 4 is 18.3 Å². The molecule has 112 valence electrons. The highest BCUT2D eigenvalue weighted by Crippen LogP contribution is 2.16. The molecule has 1 aromatic carbocycles. The number of piperazine rings is 1. The van der Waals surface area contributed by atoms with Gasteiger partial charge in [0.2, 0.25) is 0 Å². The molecule has 1 aromatic rings. The maximum atomic E-state index is 12.2. The van der Waals surface area contributed by atoms with Crippen molar-refractivity contribution < 1.29 is 18.3 Å². The summed E-state index contributed by atoms with van der Waals surface area (Å²) in [5.41, 5.74) is 0.482.